The van der Waals surface area contributed by atoms with E-state index in [0.29, 0.717) is 11.2 Å². The summed E-state index contributed by atoms with van der Waals surface area (Å²) < 4.78 is 55.8. The number of benzene rings is 1. The van der Waals surface area contributed by atoms with Gasteiger partial charge in [-0.15, -0.1) is 0 Å². The van der Waals surface area contributed by atoms with Crippen molar-refractivity contribution in [3.63, 3.8) is 0 Å². The summed E-state index contributed by atoms with van der Waals surface area (Å²) in [6.07, 6.45) is 5.71. The molecule has 1 aromatic carbocycles. The molecule has 0 aliphatic rings. The Bertz CT molecular complexity index is 1370. The third-order valence-electron chi connectivity index (χ3n) is 4.01. The molecule has 0 saturated carbocycles. The van der Waals surface area contributed by atoms with E-state index in [0.717, 1.165) is 23.7 Å². The predicted octanol–water partition coefficient (Wildman–Crippen LogP) is 3.44. The van der Waals surface area contributed by atoms with E-state index in [-0.39, 0.29) is 4.90 Å². The molecule has 0 radical (unpaired) electrons. The van der Waals surface area contributed by atoms with Crippen molar-refractivity contribution in [1.82, 2.24) is 15.0 Å². The number of hydrogen-bond donors (Lipinski definition) is 2. The monoisotopic (exact) mass is 410 g/mol. The first kappa shape index (κ1) is 18.6. The summed E-state index contributed by atoms with van der Waals surface area (Å²) in [4.78, 5) is 10.7. The Morgan fingerprint density at radius 2 is 1.93 bits per heavy atom. The normalized spacial score (nSPS) is 11.1. The van der Waals surface area contributed by atoms with E-state index in [1.54, 1.807) is 18.3 Å². The van der Waals surface area contributed by atoms with E-state index in [9.17, 15) is 17.2 Å². The van der Waals surface area contributed by atoms with E-state index in [1.165, 1.54) is 24.5 Å². The Balaban J connectivity index is 1.69. The Morgan fingerprint density at radius 1 is 1.07 bits per heavy atom. The molecule has 0 atom stereocenters. The lowest BCUT2D eigenvalue weighted by Gasteiger charge is -2.10. The van der Waals surface area contributed by atoms with Crippen LogP contribution in [0.3, 0.4) is 0 Å². The van der Waals surface area contributed by atoms with Gasteiger partial charge in [0.2, 0.25) is 0 Å². The van der Waals surface area contributed by atoms with Gasteiger partial charge in [0, 0.05) is 35.7 Å². The van der Waals surface area contributed by atoms with Gasteiger partial charge in [0.25, 0.3) is 10.0 Å². The molecule has 144 valence electrons. The standard InChI is InChI=1S/C20H12F2N4O2S/c21-17-5-6-18(26-29(27,28)15-2-1-8-23-12-15)19(22)16(17)4-3-13-10-14-7-9-24-20(14)25-11-13/h1-2,5-12,26H,(H,24,25). The van der Waals surface area contributed by atoms with Crippen molar-refractivity contribution >= 4 is 26.7 Å². The van der Waals surface area contributed by atoms with Crippen LogP contribution < -0.4 is 4.72 Å². The first-order chi connectivity index (χ1) is 13.9. The summed E-state index contributed by atoms with van der Waals surface area (Å²) in [5.41, 5.74) is 0.154. The summed E-state index contributed by atoms with van der Waals surface area (Å²) in [5, 5.41) is 0.802. The molecule has 29 heavy (non-hydrogen) atoms. The van der Waals surface area contributed by atoms with E-state index in [2.05, 4.69) is 31.5 Å². The second-order valence-corrected chi connectivity index (χ2v) is 7.65. The van der Waals surface area contributed by atoms with E-state index in [4.69, 9.17) is 0 Å². The van der Waals surface area contributed by atoms with Crippen LogP contribution in [0.25, 0.3) is 11.0 Å². The minimum atomic E-state index is -4.09. The second-order valence-electron chi connectivity index (χ2n) is 5.97. The zero-order valence-electron chi connectivity index (χ0n) is 14.6. The maximum atomic E-state index is 14.8. The number of hydrogen-bond acceptors (Lipinski definition) is 4. The molecule has 0 unspecified atom stereocenters. The Kier molecular flexibility index (Phi) is 4.70. The van der Waals surface area contributed by atoms with Gasteiger partial charge in [-0.3, -0.25) is 9.71 Å². The number of H-pyrrole nitrogens is 1. The fraction of sp³-hybridized carbons (Fsp3) is 0. The van der Waals surface area contributed by atoms with Gasteiger partial charge in [-0.2, -0.15) is 0 Å². The number of sulfonamides is 1. The number of pyridine rings is 2. The van der Waals surface area contributed by atoms with Gasteiger partial charge in [-0.05, 0) is 36.4 Å². The number of fused-ring (bicyclic) bond motifs is 1. The van der Waals surface area contributed by atoms with Gasteiger partial charge in [0.15, 0.2) is 5.82 Å². The smallest absolute Gasteiger partial charge is 0.263 e. The van der Waals surface area contributed by atoms with E-state index in [1.807, 2.05) is 0 Å². The fourth-order valence-corrected chi connectivity index (χ4v) is 3.62. The molecule has 3 heterocycles. The van der Waals surface area contributed by atoms with Crippen molar-refractivity contribution in [3.05, 3.63) is 83.9 Å². The SMILES string of the molecule is O=S(=O)(Nc1ccc(F)c(C#Cc2cnc3[nH]ccc3c2)c1F)c1cccnc1. The second kappa shape index (κ2) is 7.33. The van der Waals surface area contributed by atoms with Gasteiger partial charge in [0.1, 0.15) is 16.4 Å². The van der Waals surface area contributed by atoms with Crippen LogP contribution in [0.15, 0.2) is 66.1 Å². The number of anilines is 1. The highest BCUT2D eigenvalue weighted by molar-refractivity contribution is 7.92. The number of nitrogens with zero attached hydrogens (tertiary/aromatic N) is 2. The molecule has 0 aliphatic carbocycles. The zero-order valence-corrected chi connectivity index (χ0v) is 15.5. The molecule has 0 fully saturated rings. The van der Waals surface area contributed by atoms with E-state index >= 15 is 0 Å². The molecule has 2 N–H and O–H groups in total. The summed E-state index contributed by atoms with van der Waals surface area (Å²) in [7, 11) is -4.09. The summed E-state index contributed by atoms with van der Waals surface area (Å²) in [5.74, 6) is 3.06. The predicted molar refractivity (Wildman–Crippen MR) is 103 cm³/mol. The van der Waals surface area contributed by atoms with E-state index < -0.39 is 32.9 Å². The summed E-state index contributed by atoms with van der Waals surface area (Å²) >= 11 is 0. The fourth-order valence-electron chi connectivity index (χ4n) is 2.60. The number of aromatic nitrogens is 3. The maximum absolute atomic E-state index is 14.8. The third kappa shape index (κ3) is 3.79. The zero-order chi connectivity index (χ0) is 20.4. The molecule has 0 saturated heterocycles. The number of nitrogens with one attached hydrogen (secondary N) is 2. The van der Waals surface area contributed by atoms with Gasteiger partial charge in [-0.25, -0.2) is 22.2 Å². The molecule has 0 bridgehead atoms. The number of halogens is 2. The third-order valence-corrected chi connectivity index (χ3v) is 5.36. The molecule has 0 spiro atoms. The van der Waals surface area contributed by atoms with Crippen LogP contribution in [0.4, 0.5) is 14.5 Å². The van der Waals surface area contributed by atoms with Crippen molar-refractivity contribution in [2.24, 2.45) is 0 Å². The minimum absolute atomic E-state index is 0.151. The molecule has 0 aliphatic heterocycles. The molecule has 0 amide bonds. The van der Waals surface area contributed by atoms with Gasteiger partial charge >= 0.3 is 0 Å². The Morgan fingerprint density at radius 3 is 2.72 bits per heavy atom. The molecule has 3 aromatic heterocycles. The molecule has 6 nitrogen and oxygen atoms in total. The molecular weight excluding hydrogens is 398 g/mol. The minimum Gasteiger partial charge on any atom is -0.346 e. The van der Waals surface area contributed by atoms with Crippen LogP contribution in [0.5, 0.6) is 0 Å². The Labute approximate surface area is 164 Å². The lowest BCUT2D eigenvalue weighted by Crippen LogP contribution is -2.14. The van der Waals surface area contributed by atoms with Crippen LogP contribution in [0, 0.1) is 23.5 Å². The highest BCUT2D eigenvalue weighted by Gasteiger charge is 2.19. The van der Waals surface area contributed by atoms with Gasteiger partial charge in [0.05, 0.1) is 11.3 Å². The number of aromatic amines is 1. The van der Waals surface area contributed by atoms with Crippen LogP contribution >= 0.6 is 0 Å². The lowest BCUT2D eigenvalue weighted by atomic mass is 10.1. The first-order valence-electron chi connectivity index (χ1n) is 8.30. The van der Waals surface area contributed by atoms with Crippen LogP contribution in [-0.2, 0) is 10.0 Å². The van der Waals surface area contributed by atoms with Gasteiger partial charge < -0.3 is 4.98 Å². The largest absolute Gasteiger partial charge is 0.346 e. The molecule has 4 rings (SSSR count). The summed E-state index contributed by atoms with van der Waals surface area (Å²) in [6, 6.07) is 8.20. The molecule has 9 heteroatoms. The highest BCUT2D eigenvalue weighted by Crippen LogP contribution is 2.23. The number of rotatable bonds is 3. The quantitative estimate of drug-likeness (QED) is 0.507. The molecular formula is C20H12F2N4O2S. The molecule has 4 aromatic rings. The summed E-state index contributed by atoms with van der Waals surface area (Å²) in [6.45, 7) is 0. The van der Waals surface area contributed by atoms with Crippen LogP contribution in [0.1, 0.15) is 11.1 Å². The first-order valence-corrected chi connectivity index (χ1v) is 9.78. The average Bonchev–Trinajstić information content (AvgIpc) is 3.18. The van der Waals surface area contributed by atoms with Crippen molar-refractivity contribution in [2.45, 2.75) is 4.90 Å². The van der Waals surface area contributed by atoms with Crippen molar-refractivity contribution in [3.8, 4) is 11.8 Å². The van der Waals surface area contributed by atoms with Crippen molar-refractivity contribution in [1.29, 1.82) is 0 Å². The Hall–Kier alpha value is -3.77. The average molecular weight is 410 g/mol. The highest BCUT2D eigenvalue weighted by atomic mass is 32.2. The topological polar surface area (TPSA) is 87.7 Å². The lowest BCUT2D eigenvalue weighted by molar-refractivity contribution is 0.578. The van der Waals surface area contributed by atoms with Crippen molar-refractivity contribution < 1.29 is 17.2 Å². The van der Waals surface area contributed by atoms with Gasteiger partial charge in [-0.1, -0.05) is 11.8 Å². The van der Waals surface area contributed by atoms with Crippen LogP contribution in [0.2, 0.25) is 0 Å². The van der Waals surface area contributed by atoms with Crippen molar-refractivity contribution in [2.75, 3.05) is 4.72 Å². The van der Waals surface area contributed by atoms with Crippen LogP contribution in [-0.4, -0.2) is 23.4 Å². The maximum Gasteiger partial charge on any atom is 0.263 e.